The maximum Gasteiger partial charge on any atom is 0.136 e. The van der Waals surface area contributed by atoms with Crippen molar-refractivity contribution in [2.75, 3.05) is 4.90 Å². The van der Waals surface area contributed by atoms with E-state index in [1.165, 1.54) is 53.4 Å². The van der Waals surface area contributed by atoms with E-state index in [1.54, 1.807) is 0 Å². The highest BCUT2D eigenvalue weighted by Crippen LogP contribution is 2.41. The molecule has 0 saturated heterocycles. The van der Waals surface area contributed by atoms with Gasteiger partial charge in [0.25, 0.3) is 0 Å². The molecule has 0 radical (unpaired) electrons. The molecule has 2 heterocycles. The van der Waals surface area contributed by atoms with Gasteiger partial charge in [-0.1, -0.05) is 127 Å². The normalized spacial score (nSPS) is 11.7. The summed E-state index contributed by atoms with van der Waals surface area (Å²) in [5, 5.41) is 7.30. The van der Waals surface area contributed by atoms with Crippen LogP contribution >= 0.6 is 11.3 Å². The number of nitrogens with zero attached hydrogens (tertiary/aromatic N) is 1. The van der Waals surface area contributed by atoms with E-state index in [9.17, 15) is 0 Å². The molecule has 10 rings (SSSR count). The first-order chi connectivity index (χ1) is 24.8. The average molecular weight is 658 g/mol. The lowest BCUT2D eigenvalue weighted by atomic mass is 9.98. The Hall–Kier alpha value is -6.16. The van der Waals surface area contributed by atoms with E-state index in [-0.39, 0.29) is 0 Å². The summed E-state index contributed by atoms with van der Waals surface area (Å²) in [7, 11) is 0. The maximum atomic E-state index is 6.30. The molecule has 50 heavy (non-hydrogen) atoms. The number of anilines is 2. The zero-order chi connectivity index (χ0) is 33.0. The predicted molar refractivity (Wildman–Crippen MR) is 214 cm³/mol. The highest BCUT2D eigenvalue weighted by molar-refractivity contribution is 7.26. The van der Waals surface area contributed by atoms with Crippen LogP contribution in [0.4, 0.5) is 11.4 Å². The van der Waals surface area contributed by atoms with Gasteiger partial charge in [0.1, 0.15) is 11.2 Å². The molecule has 0 aliphatic carbocycles. The van der Waals surface area contributed by atoms with Gasteiger partial charge in [0.15, 0.2) is 0 Å². The number of furan rings is 1. The molecule has 3 heteroatoms. The first-order valence-electron chi connectivity index (χ1n) is 17.0. The molecular formula is C47H31NOS. The summed E-state index contributed by atoms with van der Waals surface area (Å²) < 4.78 is 8.96. The van der Waals surface area contributed by atoms with Crippen molar-refractivity contribution in [1.29, 1.82) is 0 Å². The van der Waals surface area contributed by atoms with E-state index in [0.717, 1.165) is 38.7 Å². The predicted octanol–water partition coefficient (Wildman–Crippen LogP) is 13.8. The largest absolute Gasteiger partial charge is 0.456 e. The molecule has 0 bridgehead atoms. The van der Waals surface area contributed by atoms with Crippen LogP contribution in [0.5, 0.6) is 0 Å². The van der Waals surface area contributed by atoms with Gasteiger partial charge in [-0.3, -0.25) is 0 Å². The van der Waals surface area contributed by atoms with E-state index in [4.69, 9.17) is 4.42 Å². The van der Waals surface area contributed by atoms with Gasteiger partial charge in [-0.05, 0) is 87.1 Å². The van der Waals surface area contributed by atoms with Crippen molar-refractivity contribution in [1.82, 2.24) is 0 Å². The lowest BCUT2D eigenvalue weighted by Gasteiger charge is -2.27. The molecule has 0 aliphatic rings. The van der Waals surface area contributed by atoms with E-state index >= 15 is 0 Å². The average Bonchev–Trinajstić information content (AvgIpc) is 3.74. The van der Waals surface area contributed by atoms with Crippen molar-refractivity contribution in [3.63, 3.8) is 0 Å². The minimum Gasteiger partial charge on any atom is -0.456 e. The number of fused-ring (bicyclic) bond motifs is 7. The quantitative estimate of drug-likeness (QED) is 0.177. The van der Waals surface area contributed by atoms with Crippen molar-refractivity contribution in [2.24, 2.45) is 0 Å². The third kappa shape index (κ3) is 4.86. The van der Waals surface area contributed by atoms with Gasteiger partial charge >= 0.3 is 0 Å². The third-order valence-electron chi connectivity index (χ3n) is 9.96. The van der Waals surface area contributed by atoms with Crippen LogP contribution in [0.15, 0.2) is 180 Å². The van der Waals surface area contributed by atoms with Crippen LogP contribution in [0.25, 0.3) is 75.1 Å². The molecule has 0 atom stereocenters. The van der Waals surface area contributed by atoms with E-state index in [2.05, 4.69) is 169 Å². The van der Waals surface area contributed by atoms with Gasteiger partial charge in [-0.2, -0.15) is 0 Å². The SMILES string of the molecule is c1ccc(-c2ccccc2CN(c2ccc(-c3cccc4c3sc3ccccc34)cc2)c2ccc3cc4c(cc3c2)oc2ccccc24)cc1. The minimum atomic E-state index is 0.717. The fraction of sp³-hybridized carbons (Fsp3) is 0.0213. The zero-order valence-corrected chi connectivity index (χ0v) is 28.0. The number of para-hydroxylation sites is 1. The van der Waals surface area contributed by atoms with E-state index < -0.39 is 0 Å². The van der Waals surface area contributed by atoms with Crippen LogP contribution in [-0.4, -0.2) is 0 Å². The highest BCUT2D eigenvalue weighted by atomic mass is 32.1. The standard InChI is InChI=1S/C47H31NOS/c1-2-11-31(12-3-1)38-14-5-4-13-34(38)30-48(37-26-23-33-28-43-40-15-6-8-19-44(40)49-45(43)29-35(33)27-37)36-24-21-32(22-25-36)39-17-10-18-42-41-16-7-9-20-46(41)50-47(39)42/h1-29H,30H2. The third-order valence-corrected chi connectivity index (χ3v) is 11.2. The monoisotopic (exact) mass is 657 g/mol. The molecular weight excluding hydrogens is 627 g/mol. The Bertz CT molecular complexity index is 2850. The summed E-state index contributed by atoms with van der Waals surface area (Å²) >= 11 is 1.88. The Morgan fingerprint density at radius 1 is 0.440 bits per heavy atom. The molecule has 8 aromatic carbocycles. The number of hydrogen-bond donors (Lipinski definition) is 0. The lowest BCUT2D eigenvalue weighted by molar-refractivity contribution is 0.669. The second kappa shape index (κ2) is 11.8. The summed E-state index contributed by atoms with van der Waals surface area (Å²) in [5.41, 5.74) is 10.3. The van der Waals surface area contributed by atoms with Gasteiger partial charge in [0.2, 0.25) is 0 Å². The van der Waals surface area contributed by atoms with Crippen LogP contribution < -0.4 is 4.90 Å². The van der Waals surface area contributed by atoms with Crippen LogP contribution in [0.2, 0.25) is 0 Å². The number of thiophene rings is 1. The fourth-order valence-electron chi connectivity index (χ4n) is 7.48. The first kappa shape index (κ1) is 28.8. The molecule has 0 unspecified atom stereocenters. The summed E-state index contributed by atoms with van der Waals surface area (Å²) in [6.45, 7) is 0.717. The second-order valence-electron chi connectivity index (χ2n) is 12.9. The Balaban J connectivity index is 1.10. The summed E-state index contributed by atoms with van der Waals surface area (Å²) in [5.74, 6) is 0. The van der Waals surface area contributed by atoms with Crippen molar-refractivity contribution >= 4 is 75.6 Å². The Kier molecular flexibility index (Phi) is 6.78. The van der Waals surface area contributed by atoms with Crippen LogP contribution in [-0.2, 0) is 6.54 Å². The first-order valence-corrected chi connectivity index (χ1v) is 17.9. The summed E-state index contributed by atoms with van der Waals surface area (Å²) in [4.78, 5) is 2.44. The van der Waals surface area contributed by atoms with Crippen molar-refractivity contribution in [2.45, 2.75) is 6.54 Å². The molecule has 0 amide bonds. The Morgan fingerprint density at radius 2 is 1.14 bits per heavy atom. The van der Waals surface area contributed by atoms with Crippen LogP contribution in [0.3, 0.4) is 0 Å². The molecule has 0 N–H and O–H groups in total. The minimum absolute atomic E-state index is 0.717. The second-order valence-corrected chi connectivity index (χ2v) is 14.0. The Labute approximate surface area is 294 Å². The molecule has 236 valence electrons. The fourth-order valence-corrected chi connectivity index (χ4v) is 8.72. The topological polar surface area (TPSA) is 16.4 Å². The smallest absolute Gasteiger partial charge is 0.136 e. The van der Waals surface area contributed by atoms with Crippen molar-refractivity contribution < 1.29 is 4.42 Å². The molecule has 0 spiro atoms. The molecule has 0 aliphatic heterocycles. The van der Waals surface area contributed by atoms with Gasteiger partial charge in [0, 0.05) is 48.9 Å². The molecule has 2 nitrogen and oxygen atoms in total. The van der Waals surface area contributed by atoms with Crippen molar-refractivity contribution in [3.05, 3.63) is 181 Å². The van der Waals surface area contributed by atoms with Crippen LogP contribution in [0, 0.1) is 0 Å². The molecule has 10 aromatic rings. The Morgan fingerprint density at radius 3 is 2.04 bits per heavy atom. The van der Waals surface area contributed by atoms with Gasteiger partial charge in [-0.15, -0.1) is 11.3 Å². The van der Waals surface area contributed by atoms with Gasteiger partial charge < -0.3 is 9.32 Å². The van der Waals surface area contributed by atoms with Crippen molar-refractivity contribution in [3.8, 4) is 22.3 Å². The zero-order valence-electron chi connectivity index (χ0n) is 27.2. The van der Waals surface area contributed by atoms with E-state index in [0.29, 0.717) is 6.54 Å². The lowest BCUT2D eigenvalue weighted by Crippen LogP contribution is -2.17. The number of benzene rings is 8. The summed E-state index contributed by atoms with van der Waals surface area (Å²) in [6.07, 6.45) is 0. The van der Waals surface area contributed by atoms with Gasteiger partial charge in [-0.25, -0.2) is 0 Å². The molecule has 0 fully saturated rings. The number of rotatable bonds is 6. The highest BCUT2D eigenvalue weighted by Gasteiger charge is 2.17. The maximum absolute atomic E-state index is 6.30. The van der Waals surface area contributed by atoms with Gasteiger partial charge in [0.05, 0.1) is 0 Å². The van der Waals surface area contributed by atoms with E-state index in [1.807, 2.05) is 23.5 Å². The number of hydrogen-bond acceptors (Lipinski definition) is 3. The molecule has 0 saturated carbocycles. The summed E-state index contributed by atoms with van der Waals surface area (Å²) in [6, 6.07) is 63.5. The molecule has 2 aromatic heterocycles. The van der Waals surface area contributed by atoms with Crippen LogP contribution in [0.1, 0.15) is 5.56 Å².